The summed E-state index contributed by atoms with van der Waals surface area (Å²) in [5.74, 6) is 1.29. The van der Waals surface area contributed by atoms with Gasteiger partial charge in [0.25, 0.3) is 0 Å². The van der Waals surface area contributed by atoms with Gasteiger partial charge >= 0.3 is 0 Å². The lowest BCUT2D eigenvalue weighted by molar-refractivity contribution is 0.472. The molecule has 0 aliphatic heterocycles. The van der Waals surface area contributed by atoms with E-state index in [2.05, 4.69) is 0 Å². The van der Waals surface area contributed by atoms with Gasteiger partial charge in [-0.15, -0.1) is 0 Å². The first-order chi connectivity index (χ1) is 10.0. The normalized spacial score (nSPS) is 12.2. The van der Waals surface area contributed by atoms with E-state index in [4.69, 9.17) is 45.3 Å². The molecule has 5 heteroatoms. The van der Waals surface area contributed by atoms with Crippen molar-refractivity contribution in [3.8, 4) is 11.5 Å². The van der Waals surface area contributed by atoms with Crippen molar-refractivity contribution in [2.24, 2.45) is 5.73 Å². The number of halogens is 3. The van der Waals surface area contributed by atoms with Crippen LogP contribution in [0.3, 0.4) is 0 Å². The van der Waals surface area contributed by atoms with Gasteiger partial charge in [-0.1, -0.05) is 47.8 Å². The highest BCUT2D eigenvalue weighted by Crippen LogP contribution is 2.34. The smallest absolute Gasteiger partial charge is 0.132 e. The first kappa shape index (κ1) is 16.4. The molecule has 0 saturated heterocycles. The molecule has 0 heterocycles. The van der Waals surface area contributed by atoms with Crippen LogP contribution in [0.15, 0.2) is 36.4 Å². The van der Waals surface area contributed by atoms with Crippen LogP contribution in [0.2, 0.25) is 15.1 Å². The standard InChI is InChI=1S/C16H16Cl3NO/c1-2-10(20)8-12-13(17)4-3-5-16(12)21-11-6-7-14(18)15(19)9-11/h3-7,9-10H,2,8,20H2,1H3. The van der Waals surface area contributed by atoms with Crippen LogP contribution in [-0.2, 0) is 6.42 Å². The SMILES string of the molecule is CCC(N)Cc1c(Cl)cccc1Oc1ccc(Cl)c(Cl)c1. The van der Waals surface area contributed by atoms with Crippen LogP contribution in [0.5, 0.6) is 11.5 Å². The molecule has 21 heavy (non-hydrogen) atoms. The third-order valence-electron chi connectivity index (χ3n) is 3.19. The van der Waals surface area contributed by atoms with Crippen LogP contribution >= 0.6 is 34.8 Å². The van der Waals surface area contributed by atoms with Gasteiger partial charge in [0.15, 0.2) is 0 Å². The van der Waals surface area contributed by atoms with E-state index in [9.17, 15) is 0 Å². The van der Waals surface area contributed by atoms with Crippen molar-refractivity contribution in [3.63, 3.8) is 0 Å². The Balaban J connectivity index is 2.30. The lowest BCUT2D eigenvalue weighted by Gasteiger charge is -2.16. The molecule has 0 fully saturated rings. The number of ether oxygens (including phenoxy) is 1. The summed E-state index contributed by atoms with van der Waals surface area (Å²) in [7, 11) is 0. The van der Waals surface area contributed by atoms with E-state index in [0.29, 0.717) is 33.0 Å². The summed E-state index contributed by atoms with van der Waals surface area (Å²) in [6.45, 7) is 2.04. The molecule has 0 spiro atoms. The average molecular weight is 345 g/mol. The predicted molar refractivity (Wildman–Crippen MR) is 90.0 cm³/mol. The fourth-order valence-electron chi connectivity index (χ4n) is 1.91. The summed E-state index contributed by atoms with van der Waals surface area (Å²) in [5, 5.41) is 1.59. The molecule has 0 aromatic heterocycles. The molecule has 0 radical (unpaired) electrons. The average Bonchev–Trinajstić information content (AvgIpc) is 2.46. The summed E-state index contributed by atoms with van der Waals surface area (Å²) in [4.78, 5) is 0. The van der Waals surface area contributed by atoms with Crippen molar-refractivity contribution < 1.29 is 4.74 Å². The Hall–Kier alpha value is -0.930. The van der Waals surface area contributed by atoms with Crippen LogP contribution in [0, 0.1) is 0 Å². The van der Waals surface area contributed by atoms with Crippen LogP contribution in [0.25, 0.3) is 0 Å². The van der Waals surface area contributed by atoms with Gasteiger partial charge < -0.3 is 10.5 Å². The molecule has 2 aromatic carbocycles. The number of benzene rings is 2. The van der Waals surface area contributed by atoms with E-state index < -0.39 is 0 Å². The molecular weight excluding hydrogens is 329 g/mol. The minimum absolute atomic E-state index is 0.0426. The van der Waals surface area contributed by atoms with Gasteiger partial charge in [-0.3, -0.25) is 0 Å². The lowest BCUT2D eigenvalue weighted by Crippen LogP contribution is -2.21. The molecule has 2 aromatic rings. The molecule has 2 nitrogen and oxygen atoms in total. The summed E-state index contributed by atoms with van der Waals surface area (Å²) in [5.41, 5.74) is 6.93. The van der Waals surface area contributed by atoms with Crippen molar-refractivity contribution in [2.45, 2.75) is 25.8 Å². The van der Waals surface area contributed by atoms with Crippen molar-refractivity contribution in [1.29, 1.82) is 0 Å². The van der Waals surface area contributed by atoms with E-state index in [1.807, 2.05) is 25.1 Å². The van der Waals surface area contributed by atoms with Crippen molar-refractivity contribution in [1.82, 2.24) is 0 Å². The summed E-state index contributed by atoms with van der Waals surface area (Å²) in [6, 6.07) is 10.7. The molecule has 0 aliphatic rings. The second-order valence-corrected chi connectivity index (χ2v) is 5.99. The van der Waals surface area contributed by atoms with Gasteiger partial charge in [-0.25, -0.2) is 0 Å². The van der Waals surface area contributed by atoms with Crippen molar-refractivity contribution >= 4 is 34.8 Å². The largest absolute Gasteiger partial charge is 0.457 e. The minimum Gasteiger partial charge on any atom is -0.457 e. The number of rotatable bonds is 5. The molecule has 1 unspecified atom stereocenters. The van der Waals surface area contributed by atoms with Crippen LogP contribution in [0.4, 0.5) is 0 Å². The first-order valence-corrected chi connectivity index (χ1v) is 7.80. The van der Waals surface area contributed by atoms with E-state index in [-0.39, 0.29) is 6.04 Å². The molecule has 1 atom stereocenters. The zero-order valence-corrected chi connectivity index (χ0v) is 13.8. The number of hydrogen-bond donors (Lipinski definition) is 1. The van der Waals surface area contributed by atoms with Crippen LogP contribution in [0.1, 0.15) is 18.9 Å². The summed E-state index contributed by atoms with van der Waals surface area (Å²) in [6.07, 6.45) is 1.53. The second-order valence-electron chi connectivity index (χ2n) is 4.77. The topological polar surface area (TPSA) is 35.2 Å². The fraction of sp³-hybridized carbons (Fsp3) is 0.250. The Morgan fingerprint density at radius 3 is 2.48 bits per heavy atom. The Morgan fingerprint density at radius 2 is 1.81 bits per heavy atom. The zero-order valence-electron chi connectivity index (χ0n) is 11.6. The molecule has 0 saturated carbocycles. The van der Waals surface area contributed by atoms with Gasteiger partial charge in [-0.05, 0) is 37.1 Å². The maximum absolute atomic E-state index is 6.27. The van der Waals surface area contributed by atoms with Gasteiger partial charge in [-0.2, -0.15) is 0 Å². The van der Waals surface area contributed by atoms with Crippen molar-refractivity contribution in [2.75, 3.05) is 0 Å². The quantitative estimate of drug-likeness (QED) is 0.753. The molecule has 0 bridgehead atoms. The highest BCUT2D eigenvalue weighted by atomic mass is 35.5. The minimum atomic E-state index is 0.0426. The maximum atomic E-state index is 6.27. The second kappa shape index (κ2) is 7.37. The monoisotopic (exact) mass is 343 g/mol. The lowest BCUT2D eigenvalue weighted by atomic mass is 10.0. The third kappa shape index (κ3) is 4.27. The molecule has 2 rings (SSSR count). The van der Waals surface area contributed by atoms with Crippen LogP contribution in [-0.4, -0.2) is 6.04 Å². The van der Waals surface area contributed by atoms with E-state index in [1.54, 1.807) is 18.2 Å². The first-order valence-electron chi connectivity index (χ1n) is 6.67. The van der Waals surface area contributed by atoms with E-state index >= 15 is 0 Å². The van der Waals surface area contributed by atoms with Crippen LogP contribution < -0.4 is 10.5 Å². The van der Waals surface area contributed by atoms with Crippen molar-refractivity contribution in [3.05, 3.63) is 57.0 Å². The number of hydrogen-bond acceptors (Lipinski definition) is 2. The maximum Gasteiger partial charge on any atom is 0.132 e. The molecule has 0 amide bonds. The van der Waals surface area contributed by atoms with Gasteiger partial charge in [0.05, 0.1) is 10.0 Å². The molecule has 0 aliphatic carbocycles. The van der Waals surface area contributed by atoms with E-state index in [1.165, 1.54) is 0 Å². The summed E-state index contributed by atoms with van der Waals surface area (Å²) < 4.78 is 5.89. The number of nitrogens with two attached hydrogens (primary N) is 1. The Morgan fingerprint density at radius 1 is 1.05 bits per heavy atom. The fourth-order valence-corrected chi connectivity index (χ4v) is 2.44. The Labute approximate surface area is 139 Å². The highest BCUT2D eigenvalue weighted by molar-refractivity contribution is 6.42. The molecule has 2 N–H and O–H groups in total. The highest BCUT2D eigenvalue weighted by Gasteiger charge is 2.13. The van der Waals surface area contributed by atoms with Gasteiger partial charge in [0.1, 0.15) is 11.5 Å². The summed E-state index contributed by atoms with van der Waals surface area (Å²) >= 11 is 18.2. The Kier molecular flexibility index (Phi) is 5.77. The molecular formula is C16H16Cl3NO. The zero-order chi connectivity index (χ0) is 15.4. The van der Waals surface area contributed by atoms with Gasteiger partial charge in [0.2, 0.25) is 0 Å². The molecule has 112 valence electrons. The third-order valence-corrected chi connectivity index (χ3v) is 4.28. The Bertz CT molecular complexity index is 631. The predicted octanol–water partition coefficient (Wildman–Crippen LogP) is 5.72. The van der Waals surface area contributed by atoms with Gasteiger partial charge in [0, 0.05) is 22.7 Å². The van der Waals surface area contributed by atoms with E-state index in [0.717, 1.165) is 12.0 Å².